The number of carbonyl (C=O) groups excluding carboxylic acids is 1. The van der Waals surface area contributed by atoms with Gasteiger partial charge in [0.25, 0.3) is 5.91 Å². The summed E-state index contributed by atoms with van der Waals surface area (Å²) in [4.78, 5) is 22.9. The number of nitrogens with zero attached hydrogens (tertiary/aromatic N) is 1. The largest absolute Gasteiger partial charge is 0.464 e. The SMILES string of the molecule is CC(C)(Br)C(=O)N(NC(=O)O)C1CCCCC1. The third-order valence-electron chi connectivity index (χ3n) is 2.88. The summed E-state index contributed by atoms with van der Waals surface area (Å²) >= 11 is 3.28. The van der Waals surface area contributed by atoms with Crippen molar-refractivity contribution >= 4 is 27.9 Å². The van der Waals surface area contributed by atoms with Gasteiger partial charge in [0.15, 0.2) is 0 Å². The summed E-state index contributed by atoms with van der Waals surface area (Å²) in [6.07, 6.45) is 3.76. The second-order valence-corrected chi connectivity index (χ2v) is 6.84. The minimum absolute atomic E-state index is 0.0239. The summed E-state index contributed by atoms with van der Waals surface area (Å²) < 4.78 is -0.757. The second-order valence-electron chi connectivity index (χ2n) is 4.86. The lowest BCUT2D eigenvalue weighted by Gasteiger charge is -2.36. The fourth-order valence-electron chi connectivity index (χ4n) is 2.04. The Morgan fingerprint density at radius 3 is 2.24 bits per heavy atom. The van der Waals surface area contributed by atoms with Gasteiger partial charge in [-0.1, -0.05) is 35.2 Å². The Morgan fingerprint density at radius 2 is 1.82 bits per heavy atom. The maximum Gasteiger partial charge on any atom is 0.423 e. The number of hydrazine groups is 1. The van der Waals surface area contributed by atoms with Crippen LogP contribution in [0.2, 0.25) is 0 Å². The van der Waals surface area contributed by atoms with Crippen molar-refractivity contribution in [3.8, 4) is 0 Å². The Kier molecular flexibility index (Phi) is 4.80. The molecule has 0 aromatic heterocycles. The molecule has 98 valence electrons. The van der Waals surface area contributed by atoms with Gasteiger partial charge in [-0.05, 0) is 26.7 Å². The maximum atomic E-state index is 12.2. The van der Waals surface area contributed by atoms with Gasteiger partial charge >= 0.3 is 6.09 Å². The van der Waals surface area contributed by atoms with Gasteiger partial charge in [-0.15, -0.1) is 0 Å². The molecule has 1 aliphatic rings. The molecule has 0 unspecified atom stereocenters. The number of rotatable bonds is 2. The van der Waals surface area contributed by atoms with Crippen LogP contribution in [0.5, 0.6) is 0 Å². The topological polar surface area (TPSA) is 69.6 Å². The molecule has 0 aromatic rings. The van der Waals surface area contributed by atoms with Crippen LogP contribution >= 0.6 is 15.9 Å². The van der Waals surface area contributed by atoms with Crippen LogP contribution in [0.25, 0.3) is 0 Å². The predicted molar refractivity (Wildman–Crippen MR) is 67.9 cm³/mol. The highest BCUT2D eigenvalue weighted by Gasteiger charge is 2.35. The summed E-state index contributed by atoms with van der Waals surface area (Å²) in [5.74, 6) is -0.244. The van der Waals surface area contributed by atoms with Gasteiger partial charge in [0.2, 0.25) is 0 Å². The van der Waals surface area contributed by atoms with Crippen molar-refractivity contribution in [2.75, 3.05) is 0 Å². The van der Waals surface area contributed by atoms with Crippen molar-refractivity contribution in [2.24, 2.45) is 0 Å². The number of carbonyl (C=O) groups is 2. The number of amides is 2. The first-order valence-electron chi connectivity index (χ1n) is 5.84. The lowest BCUT2D eigenvalue weighted by molar-refractivity contribution is -0.139. The van der Waals surface area contributed by atoms with Crippen molar-refractivity contribution in [3.63, 3.8) is 0 Å². The molecular weight excluding hydrogens is 288 g/mol. The fraction of sp³-hybridized carbons (Fsp3) is 0.818. The van der Waals surface area contributed by atoms with E-state index in [-0.39, 0.29) is 11.9 Å². The Bertz CT molecular complexity index is 296. The second kappa shape index (κ2) is 5.71. The van der Waals surface area contributed by atoms with Crippen molar-refractivity contribution < 1.29 is 14.7 Å². The molecule has 1 rings (SSSR count). The molecule has 0 saturated heterocycles. The quantitative estimate of drug-likeness (QED) is 0.608. The van der Waals surface area contributed by atoms with E-state index in [1.54, 1.807) is 13.8 Å². The van der Waals surface area contributed by atoms with Crippen LogP contribution < -0.4 is 5.43 Å². The van der Waals surface area contributed by atoms with Crippen LogP contribution in [-0.4, -0.2) is 32.5 Å². The highest BCUT2D eigenvalue weighted by molar-refractivity contribution is 9.10. The Hall–Kier alpha value is -0.780. The molecule has 0 heterocycles. The first kappa shape index (κ1) is 14.3. The van der Waals surface area contributed by atoms with Gasteiger partial charge in [-0.2, -0.15) is 0 Å². The average Bonchev–Trinajstić information content (AvgIpc) is 2.24. The van der Waals surface area contributed by atoms with Crippen LogP contribution in [0.15, 0.2) is 0 Å². The van der Waals surface area contributed by atoms with Gasteiger partial charge in [-0.3, -0.25) is 4.79 Å². The number of hydrogen-bond acceptors (Lipinski definition) is 2. The summed E-state index contributed by atoms with van der Waals surface area (Å²) in [5, 5.41) is 10.1. The maximum absolute atomic E-state index is 12.2. The first-order chi connectivity index (χ1) is 7.82. The molecule has 6 heteroatoms. The zero-order valence-corrected chi connectivity index (χ0v) is 11.8. The number of nitrogens with one attached hydrogen (secondary N) is 1. The fourth-order valence-corrected chi connectivity index (χ4v) is 2.23. The minimum atomic E-state index is -1.19. The summed E-state index contributed by atoms with van der Waals surface area (Å²) in [7, 11) is 0. The van der Waals surface area contributed by atoms with E-state index in [4.69, 9.17) is 5.11 Å². The van der Waals surface area contributed by atoms with E-state index in [0.29, 0.717) is 0 Å². The molecule has 0 aromatic carbocycles. The summed E-state index contributed by atoms with van der Waals surface area (Å²) in [6.45, 7) is 3.43. The van der Waals surface area contributed by atoms with Crippen LogP contribution in [0, 0.1) is 0 Å². The Morgan fingerprint density at radius 1 is 1.29 bits per heavy atom. The first-order valence-corrected chi connectivity index (χ1v) is 6.64. The lowest BCUT2D eigenvalue weighted by Crippen LogP contribution is -2.56. The van der Waals surface area contributed by atoms with E-state index in [9.17, 15) is 9.59 Å². The van der Waals surface area contributed by atoms with Gasteiger partial charge in [0.05, 0.1) is 6.04 Å². The van der Waals surface area contributed by atoms with Crippen molar-refractivity contribution in [2.45, 2.75) is 56.3 Å². The van der Waals surface area contributed by atoms with Gasteiger partial charge in [0, 0.05) is 0 Å². The molecule has 0 aliphatic heterocycles. The molecule has 1 fully saturated rings. The number of halogens is 1. The third kappa shape index (κ3) is 4.18. The Labute approximate surface area is 110 Å². The van der Waals surface area contributed by atoms with Crippen LogP contribution in [0.3, 0.4) is 0 Å². The molecule has 1 saturated carbocycles. The van der Waals surface area contributed by atoms with Crippen molar-refractivity contribution in [1.82, 2.24) is 10.4 Å². The normalized spacial score (nSPS) is 17.6. The molecule has 1 aliphatic carbocycles. The molecule has 17 heavy (non-hydrogen) atoms. The Balaban J connectivity index is 2.78. The van der Waals surface area contributed by atoms with Crippen molar-refractivity contribution in [1.29, 1.82) is 0 Å². The smallest absolute Gasteiger partial charge is 0.423 e. The zero-order chi connectivity index (χ0) is 13.1. The van der Waals surface area contributed by atoms with E-state index in [1.165, 1.54) is 5.01 Å². The van der Waals surface area contributed by atoms with Gasteiger partial charge < -0.3 is 5.11 Å². The highest BCUT2D eigenvalue weighted by Crippen LogP contribution is 2.26. The molecule has 0 radical (unpaired) electrons. The monoisotopic (exact) mass is 306 g/mol. The molecule has 5 nitrogen and oxygen atoms in total. The predicted octanol–water partition coefficient (Wildman–Crippen LogP) is 2.50. The average molecular weight is 307 g/mol. The van der Waals surface area contributed by atoms with E-state index < -0.39 is 10.4 Å². The molecule has 0 atom stereocenters. The lowest BCUT2D eigenvalue weighted by atomic mass is 9.94. The van der Waals surface area contributed by atoms with Crippen LogP contribution in [0.1, 0.15) is 46.0 Å². The minimum Gasteiger partial charge on any atom is -0.464 e. The number of hydrogen-bond donors (Lipinski definition) is 2. The van der Waals surface area contributed by atoms with Crippen LogP contribution in [-0.2, 0) is 4.79 Å². The van der Waals surface area contributed by atoms with Crippen LogP contribution in [0.4, 0.5) is 4.79 Å². The summed E-state index contributed by atoms with van der Waals surface area (Å²) in [5.41, 5.74) is 2.23. The molecular formula is C11H19BrN2O3. The molecule has 0 bridgehead atoms. The molecule has 2 N–H and O–H groups in total. The van der Waals surface area contributed by atoms with E-state index in [2.05, 4.69) is 21.4 Å². The zero-order valence-electron chi connectivity index (χ0n) is 10.2. The van der Waals surface area contributed by atoms with Gasteiger partial charge in [-0.25, -0.2) is 15.2 Å². The van der Waals surface area contributed by atoms with E-state index >= 15 is 0 Å². The highest BCUT2D eigenvalue weighted by atomic mass is 79.9. The number of carboxylic acid groups (broad SMARTS) is 1. The van der Waals surface area contributed by atoms with Gasteiger partial charge in [0.1, 0.15) is 4.32 Å². The van der Waals surface area contributed by atoms with E-state index in [1.807, 2.05) is 0 Å². The van der Waals surface area contributed by atoms with Crippen molar-refractivity contribution in [3.05, 3.63) is 0 Å². The summed E-state index contributed by atoms with van der Waals surface area (Å²) in [6, 6.07) is -0.0239. The standard InChI is InChI=1S/C11H19BrN2O3/c1-11(2,12)9(15)14(13-10(16)17)8-6-4-3-5-7-8/h8,13H,3-7H2,1-2H3,(H,16,17). The molecule has 0 spiro atoms. The van der Waals surface area contributed by atoms with E-state index in [0.717, 1.165) is 32.1 Å². The third-order valence-corrected chi connectivity index (χ3v) is 3.22. The number of alkyl halides is 1. The molecule has 2 amide bonds.